The molecule has 0 fully saturated rings. The van der Waals surface area contributed by atoms with Crippen LogP contribution in [0.4, 0.5) is 34.1 Å². The summed E-state index contributed by atoms with van der Waals surface area (Å²) in [4.78, 5) is 9.91. The van der Waals surface area contributed by atoms with Crippen LogP contribution in [0.2, 0.25) is 0 Å². The first-order chi connectivity index (χ1) is 31.7. The minimum atomic E-state index is 1.14. The molecule has 13 rings (SSSR count). The number of fused-ring (bicyclic) bond motifs is 7. The molecular formula is C60H38N2S2. The molecule has 0 radical (unpaired) electrons. The molecule has 0 bridgehead atoms. The van der Waals surface area contributed by atoms with Gasteiger partial charge >= 0.3 is 0 Å². The lowest BCUT2D eigenvalue weighted by Gasteiger charge is -2.33. The number of hydrogen-bond acceptors (Lipinski definition) is 4. The van der Waals surface area contributed by atoms with Crippen molar-refractivity contribution in [1.82, 2.24) is 0 Å². The maximum Gasteiger partial charge on any atom is 0.0601 e. The maximum absolute atomic E-state index is 2.45. The van der Waals surface area contributed by atoms with Gasteiger partial charge in [-0.3, -0.25) is 0 Å². The van der Waals surface area contributed by atoms with Gasteiger partial charge in [-0.05, 0) is 151 Å². The van der Waals surface area contributed by atoms with Gasteiger partial charge in [0.1, 0.15) is 0 Å². The van der Waals surface area contributed by atoms with E-state index in [0.29, 0.717) is 0 Å². The van der Waals surface area contributed by atoms with Crippen LogP contribution in [0.15, 0.2) is 250 Å². The van der Waals surface area contributed by atoms with E-state index in [4.69, 9.17) is 0 Å². The summed E-state index contributed by atoms with van der Waals surface area (Å²) in [5.74, 6) is 0. The van der Waals surface area contributed by atoms with Crippen LogP contribution in [0, 0.1) is 0 Å². The highest BCUT2D eigenvalue weighted by Gasteiger charge is 2.28. The Morgan fingerprint density at radius 3 is 1.09 bits per heavy atom. The Hall–Kier alpha value is -7.50. The highest BCUT2D eigenvalue weighted by Crippen LogP contribution is 2.55. The summed E-state index contributed by atoms with van der Waals surface area (Å²) in [5.41, 5.74) is 14.4. The van der Waals surface area contributed by atoms with Crippen molar-refractivity contribution in [3.05, 3.63) is 231 Å². The summed E-state index contributed by atoms with van der Waals surface area (Å²) in [6, 6.07) is 85.1. The summed E-state index contributed by atoms with van der Waals surface area (Å²) in [6.07, 6.45) is 0. The Labute approximate surface area is 381 Å². The van der Waals surface area contributed by atoms with Crippen LogP contribution in [-0.4, -0.2) is 0 Å². The highest BCUT2D eigenvalue weighted by molar-refractivity contribution is 8.00. The molecule has 0 unspecified atom stereocenters. The van der Waals surface area contributed by atoms with E-state index >= 15 is 0 Å². The Morgan fingerprint density at radius 1 is 0.250 bits per heavy atom. The smallest absolute Gasteiger partial charge is 0.0601 e. The molecule has 11 aromatic carbocycles. The summed E-state index contributed by atoms with van der Waals surface area (Å²) < 4.78 is 0. The van der Waals surface area contributed by atoms with Crippen LogP contribution in [0.1, 0.15) is 0 Å². The largest absolute Gasteiger partial charge is 0.308 e. The van der Waals surface area contributed by atoms with E-state index in [1.54, 1.807) is 0 Å². The second kappa shape index (κ2) is 15.1. The molecule has 0 aromatic heterocycles. The number of benzene rings is 11. The van der Waals surface area contributed by atoms with Gasteiger partial charge in [0.05, 0.1) is 22.7 Å². The molecule has 0 saturated heterocycles. The van der Waals surface area contributed by atoms with Gasteiger partial charge in [0, 0.05) is 31.0 Å². The minimum absolute atomic E-state index is 1.14. The van der Waals surface area contributed by atoms with Gasteiger partial charge in [-0.25, -0.2) is 0 Å². The first kappa shape index (κ1) is 37.1. The molecule has 0 atom stereocenters. The molecule has 11 aromatic rings. The third-order valence-electron chi connectivity index (χ3n) is 12.8. The highest BCUT2D eigenvalue weighted by atomic mass is 32.2. The molecule has 4 heteroatoms. The number of hydrogen-bond donors (Lipinski definition) is 0. The zero-order valence-electron chi connectivity index (χ0n) is 34.7. The van der Waals surface area contributed by atoms with Crippen molar-refractivity contribution in [2.75, 3.05) is 9.80 Å². The monoisotopic (exact) mass is 850 g/mol. The number of para-hydroxylation sites is 4. The third kappa shape index (κ3) is 6.06. The van der Waals surface area contributed by atoms with Crippen molar-refractivity contribution in [2.45, 2.75) is 19.6 Å². The molecule has 2 heterocycles. The van der Waals surface area contributed by atoms with Crippen molar-refractivity contribution >= 4 is 90.0 Å². The molecule has 0 saturated carbocycles. The molecule has 0 N–H and O–H groups in total. The SMILES string of the molecule is c1ccc(-c2ccc3cc(-c4c5ccc(N6c7ccccc7Sc7ccccc76)cc5c(-c5ccccc5)c5ccc(N6c7ccccc7Sc7ccccc76)cc45)ccc3c2)cc1. The van der Waals surface area contributed by atoms with E-state index in [0.717, 1.165) is 11.4 Å². The molecule has 0 spiro atoms. The number of rotatable bonds is 5. The van der Waals surface area contributed by atoms with E-state index in [2.05, 4.69) is 240 Å². The maximum atomic E-state index is 2.45. The lowest BCUT2D eigenvalue weighted by molar-refractivity contribution is 1.17. The van der Waals surface area contributed by atoms with Gasteiger partial charge in [-0.1, -0.05) is 169 Å². The van der Waals surface area contributed by atoms with E-state index in [9.17, 15) is 0 Å². The fraction of sp³-hybridized carbons (Fsp3) is 0. The van der Waals surface area contributed by atoms with Crippen LogP contribution in [0.5, 0.6) is 0 Å². The second-order valence-electron chi connectivity index (χ2n) is 16.5. The average Bonchev–Trinajstić information content (AvgIpc) is 3.36. The summed E-state index contributed by atoms with van der Waals surface area (Å²) >= 11 is 3.69. The Morgan fingerprint density at radius 2 is 0.625 bits per heavy atom. The predicted octanol–water partition coefficient (Wildman–Crippen LogP) is 18.0. The second-order valence-corrected chi connectivity index (χ2v) is 18.6. The molecular weight excluding hydrogens is 813 g/mol. The first-order valence-corrected chi connectivity index (χ1v) is 23.4. The van der Waals surface area contributed by atoms with Crippen molar-refractivity contribution < 1.29 is 0 Å². The molecule has 2 nitrogen and oxygen atoms in total. The van der Waals surface area contributed by atoms with E-state index in [1.807, 2.05) is 23.5 Å². The van der Waals surface area contributed by atoms with Crippen molar-refractivity contribution in [3.63, 3.8) is 0 Å². The van der Waals surface area contributed by atoms with Gasteiger partial charge < -0.3 is 9.80 Å². The van der Waals surface area contributed by atoms with E-state index < -0.39 is 0 Å². The normalized spacial score (nSPS) is 12.8. The number of nitrogens with zero attached hydrogens (tertiary/aromatic N) is 2. The molecule has 0 aliphatic carbocycles. The summed E-state index contributed by atoms with van der Waals surface area (Å²) in [6.45, 7) is 0. The lowest BCUT2D eigenvalue weighted by Crippen LogP contribution is -2.15. The van der Waals surface area contributed by atoms with Crippen LogP contribution >= 0.6 is 23.5 Å². The average molecular weight is 851 g/mol. The van der Waals surface area contributed by atoms with Crippen molar-refractivity contribution in [3.8, 4) is 33.4 Å². The van der Waals surface area contributed by atoms with Gasteiger partial charge in [0.2, 0.25) is 0 Å². The van der Waals surface area contributed by atoms with Gasteiger partial charge in [-0.15, -0.1) is 0 Å². The summed E-state index contributed by atoms with van der Waals surface area (Å²) in [5, 5.41) is 7.31. The summed E-state index contributed by atoms with van der Waals surface area (Å²) in [7, 11) is 0. The first-order valence-electron chi connectivity index (χ1n) is 21.7. The Balaban J connectivity index is 1.11. The fourth-order valence-electron chi connectivity index (χ4n) is 9.89. The van der Waals surface area contributed by atoms with Gasteiger partial charge in [0.15, 0.2) is 0 Å². The van der Waals surface area contributed by atoms with E-state index in [1.165, 1.54) is 108 Å². The zero-order valence-corrected chi connectivity index (χ0v) is 36.3. The molecule has 64 heavy (non-hydrogen) atoms. The number of anilines is 6. The van der Waals surface area contributed by atoms with Crippen LogP contribution in [0.25, 0.3) is 65.7 Å². The van der Waals surface area contributed by atoms with Crippen LogP contribution in [-0.2, 0) is 0 Å². The minimum Gasteiger partial charge on any atom is -0.308 e. The molecule has 2 aliphatic rings. The molecule has 0 amide bonds. The molecule has 2 aliphatic heterocycles. The lowest BCUT2D eigenvalue weighted by atomic mass is 9.85. The quantitative estimate of drug-likeness (QED) is 0.159. The fourth-order valence-corrected chi connectivity index (χ4v) is 12.0. The van der Waals surface area contributed by atoms with Crippen molar-refractivity contribution in [1.29, 1.82) is 0 Å². The predicted molar refractivity (Wildman–Crippen MR) is 273 cm³/mol. The topological polar surface area (TPSA) is 6.48 Å². The van der Waals surface area contributed by atoms with Gasteiger partial charge in [-0.2, -0.15) is 0 Å². The van der Waals surface area contributed by atoms with Gasteiger partial charge in [0.25, 0.3) is 0 Å². The Bertz CT molecular complexity index is 3550. The zero-order chi connectivity index (χ0) is 42.1. The standard InChI is InChI=1S/C60H38N2S2/c1-3-15-39(16-4-1)41-27-28-43-36-44(30-29-42(43)35-41)60-48-34-32-45(61-51-19-7-11-23-55(51)63-56-24-12-8-20-52(56)61)37-49(48)59(40-17-5-2-6-18-40)47-33-31-46(38-50(47)60)62-53-21-9-13-25-57(53)64-58-26-14-10-22-54(58)62/h1-38H. The Kier molecular flexibility index (Phi) is 8.75. The molecule has 300 valence electrons. The van der Waals surface area contributed by atoms with Crippen molar-refractivity contribution in [2.24, 2.45) is 0 Å². The third-order valence-corrected chi connectivity index (χ3v) is 15.0. The van der Waals surface area contributed by atoms with E-state index in [-0.39, 0.29) is 0 Å². The van der Waals surface area contributed by atoms with Crippen LogP contribution in [0.3, 0.4) is 0 Å². The van der Waals surface area contributed by atoms with Crippen LogP contribution < -0.4 is 9.80 Å².